The number of aryl methyl sites for hydroxylation is 1. The lowest BCUT2D eigenvalue weighted by Gasteiger charge is -2.26. The van der Waals surface area contributed by atoms with E-state index < -0.39 is 0 Å². The van der Waals surface area contributed by atoms with Crippen LogP contribution in [0.3, 0.4) is 0 Å². The number of rotatable bonds is 5. The number of hydrogen-bond donors (Lipinski definition) is 1. The average molecular weight is 520 g/mol. The Balaban J connectivity index is 1.61. The molecule has 5 rings (SSSR count). The minimum absolute atomic E-state index is 0.176. The zero-order valence-electron chi connectivity index (χ0n) is 18.2. The van der Waals surface area contributed by atoms with Crippen LogP contribution in [0.25, 0.3) is 11.3 Å². The van der Waals surface area contributed by atoms with Crippen LogP contribution in [0.15, 0.2) is 87.9 Å². The molecule has 2 aromatic carbocycles. The molecule has 4 aromatic rings. The molecule has 5 nitrogen and oxygen atoms in total. The first-order valence-corrected chi connectivity index (χ1v) is 11.8. The van der Waals surface area contributed by atoms with Gasteiger partial charge in [0.25, 0.3) is 0 Å². The van der Waals surface area contributed by atoms with Gasteiger partial charge in [-0.05, 0) is 73.2 Å². The summed E-state index contributed by atoms with van der Waals surface area (Å²) in [6, 6.07) is 23.6. The fraction of sp³-hybridized carbons (Fsp3) is 0.154. The zero-order valence-corrected chi connectivity index (χ0v) is 20.6. The van der Waals surface area contributed by atoms with Crippen LogP contribution in [-0.2, 0) is 0 Å². The Bertz CT molecular complexity index is 1310. The summed E-state index contributed by atoms with van der Waals surface area (Å²) >= 11 is 9.46. The van der Waals surface area contributed by atoms with Gasteiger partial charge in [-0.15, -0.1) is 0 Å². The SMILES string of the molecule is COc1cccc(N2C(=S)N[C@H](c3ccccn3)[C@H]2c2ccc(-c3ccc(C)cc3Br)o2)c1. The minimum Gasteiger partial charge on any atom is -0.497 e. The zero-order chi connectivity index (χ0) is 22.9. The molecule has 0 aliphatic carbocycles. The van der Waals surface area contributed by atoms with E-state index >= 15 is 0 Å². The first kappa shape index (κ1) is 21.7. The highest BCUT2D eigenvalue weighted by atomic mass is 79.9. The molecule has 0 saturated carbocycles. The summed E-state index contributed by atoms with van der Waals surface area (Å²) in [7, 11) is 1.66. The topological polar surface area (TPSA) is 50.5 Å². The molecule has 1 fully saturated rings. The number of ether oxygens (including phenoxy) is 1. The fourth-order valence-electron chi connectivity index (χ4n) is 4.16. The highest BCUT2D eigenvalue weighted by Crippen LogP contribution is 2.44. The summed E-state index contributed by atoms with van der Waals surface area (Å²) in [6.07, 6.45) is 1.79. The summed E-state index contributed by atoms with van der Waals surface area (Å²) in [4.78, 5) is 6.67. The van der Waals surface area contributed by atoms with E-state index in [2.05, 4.69) is 56.3 Å². The summed E-state index contributed by atoms with van der Waals surface area (Å²) in [5.74, 6) is 2.35. The van der Waals surface area contributed by atoms with Crippen LogP contribution in [0.2, 0.25) is 0 Å². The highest BCUT2D eigenvalue weighted by molar-refractivity contribution is 9.10. The first-order valence-electron chi connectivity index (χ1n) is 10.6. The normalized spacial score (nSPS) is 17.8. The van der Waals surface area contributed by atoms with Crippen molar-refractivity contribution in [3.8, 4) is 17.1 Å². The quantitative estimate of drug-likeness (QED) is 0.300. The van der Waals surface area contributed by atoms with E-state index in [1.807, 2.05) is 54.6 Å². The van der Waals surface area contributed by atoms with Crippen LogP contribution in [0.1, 0.15) is 29.1 Å². The van der Waals surface area contributed by atoms with E-state index in [1.165, 1.54) is 5.56 Å². The molecule has 2 aromatic heterocycles. The van der Waals surface area contributed by atoms with E-state index in [-0.39, 0.29) is 12.1 Å². The molecule has 0 spiro atoms. The number of hydrogen-bond acceptors (Lipinski definition) is 4. The van der Waals surface area contributed by atoms with Crippen molar-refractivity contribution in [1.82, 2.24) is 10.3 Å². The Morgan fingerprint density at radius 1 is 1.06 bits per heavy atom. The fourth-order valence-corrected chi connectivity index (χ4v) is 5.19. The molecule has 1 aliphatic heterocycles. The van der Waals surface area contributed by atoms with E-state index in [1.54, 1.807) is 13.3 Å². The minimum atomic E-state index is -0.225. The maximum Gasteiger partial charge on any atom is 0.174 e. The van der Waals surface area contributed by atoms with Crippen LogP contribution in [0.5, 0.6) is 5.75 Å². The number of benzene rings is 2. The number of aromatic nitrogens is 1. The number of pyridine rings is 1. The molecule has 33 heavy (non-hydrogen) atoms. The standard InChI is InChI=1S/C26H22BrN3O2S/c1-16-9-10-19(20(27)14-16)22-11-12-23(32-22)25-24(21-8-3-4-13-28-21)29-26(33)30(25)17-6-5-7-18(15-17)31-2/h3-15,24-25H,1-2H3,(H,29,33)/t24-,25-/m1/s1. The van der Waals surface area contributed by atoms with Crippen molar-refractivity contribution < 1.29 is 9.15 Å². The summed E-state index contributed by atoms with van der Waals surface area (Å²) in [5.41, 5.74) is 4.00. The van der Waals surface area contributed by atoms with Crippen molar-refractivity contribution >= 4 is 38.9 Å². The molecular weight excluding hydrogens is 498 g/mol. The number of thiocarbonyl (C=S) groups is 1. The largest absolute Gasteiger partial charge is 0.497 e. The number of nitrogens with one attached hydrogen (secondary N) is 1. The number of furan rings is 1. The molecular formula is C26H22BrN3O2S. The van der Waals surface area contributed by atoms with Gasteiger partial charge in [0, 0.05) is 28.0 Å². The second-order valence-corrected chi connectivity index (χ2v) is 9.12. The lowest BCUT2D eigenvalue weighted by molar-refractivity contribution is 0.414. The van der Waals surface area contributed by atoms with Gasteiger partial charge in [-0.2, -0.15) is 0 Å². The first-order chi connectivity index (χ1) is 16.0. The molecule has 0 unspecified atom stereocenters. The highest BCUT2D eigenvalue weighted by Gasteiger charge is 2.42. The van der Waals surface area contributed by atoms with Crippen LogP contribution in [0, 0.1) is 6.92 Å². The predicted octanol–water partition coefficient (Wildman–Crippen LogP) is 6.60. The Labute approximate surface area is 206 Å². The second-order valence-electron chi connectivity index (χ2n) is 7.88. The maximum absolute atomic E-state index is 6.45. The van der Waals surface area contributed by atoms with Gasteiger partial charge in [0.05, 0.1) is 18.8 Å². The average Bonchev–Trinajstić information content (AvgIpc) is 3.44. The number of methoxy groups -OCH3 is 1. The maximum atomic E-state index is 6.45. The Hall–Kier alpha value is -3.16. The van der Waals surface area contributed by atoms with Crippen molar-refractivity contribution in [2.75, 3.05) is 12.0 Å². The van der Waals surface area contributed by atoms with Crippen molar-refractivity contribution in [3.05, 3.63) is 100 Å². The Morgan fingerprint density at radius 3 is 2.70 bits per heavy atom. The molecule has 1 aliphatic rings. The number of anilines is 1. The molecule has 0 radical (unpaired) electrons. The monoisotopic (exact) mass is 519 g/mol. The second kappa shape index (κ2) is 9.00. The Morgan fingerprint density at radius 2 is 1.94 bits per heavy atom. The van der Waals surface area contributed by atoms with Gasteiger partial charge in [-0.25, -0.2) is 0 Å². The van der Waals surface area contributed by atoms with Crippen LogP contribution < -0.4 is 15.0 Å². The third kappa shape index (κ3) is 4.14. The van der Waals surface area contributed by atoms with Gasteiger partial charge in [0.2, 0.25) is 0 Å². The van der Waals surface area contributed by atoms with Crippen LogP contribution >= 0.6 is 28.1 Å². The van der Waals surface area contributed by atoms with E-state index in [9.17, 15) is 0 Å². The van der Waals surface area contributed by atoms with Gasteiger partial charge in [0.15, 0.2) is 5.11 Å². The van der Waals surface area contributed by atoms with E-state index in [0.29, 0.717) is 5.11 Å². The van der Waals surface area contributed by atoms with Gasteiger partial charge < -0.3 is 19.4 Å². The predicted molar refractivity (Wildman–Crippen MR) is 138 cm³/mol. The summed E-state index contributed by atoms with van der Waals surface area (Å²) in [6.45, 7) is 2.07. The molecule has 166 valence electrons. The number of nitrogens with zero attached hydrogens (tertiary/aromatic N) is 2. The van der Waals surface area contributed by atoms with Gasteiger partial charge in [-0.3, -0.25) is 4.98 Å². The summed E-state index contributed by atoms with van der Waals surface area (Å²) in [5, 5.41) is 4.07. The molecule has 0 amide bonds. The molecule has 1 saturated heterocycles. The summed E-state index contributed by atoms with van der Waals surface area (Å²) < 4.78 is 12.9. The molecule has 7 heteroatoms. The van der Waals surface area contributed by atoms with Gasteiger partial charge in [-0.1, -0.05) is 34.1 Å². The van der Waals surface area contributed by atoms with Crippen molar-refractivity contribution in [1.29, 1.82) is 0 Å². The van der Waals surface area contributed by atoms with Crippen LogP contribution in [0.4, 0.5) is 5.69 Å². The van der Waals surface area contributed by atoms with Gasteiger partial charge >= 0.3 is 0 Å². The van der Waals surface area contributed by atoms with E-state index in [4.69, 9.17) is 21.4 Å². The molecule has 0 bridgehead atoms. The van der Waals surface area contributed by atoms with Crippen LogP contribution in [-0.4, -0.2) is 17.2 Å². The lowest BCUT2D eigenvalue weighted by atomic mass is 10.0. The van der Waals surface area contributed by atoms with Crippen molar-refractivity contribution in [2.45, 2.75) is 19.0 Å². The van der Waals surface area contributed by atoms with Crippen molar-refractivity contribution in [3.63, 3.8) is 0 Å². The molecule has 1 N–H and O–H groups in total. The smallest absolute Gasteiger partial charge is 0.174 e. The van der Waals surface area contributed by atoms with E-state index in [0.717, 1.165) is 38.7 Å². The number of halogens is 1. The third-order valence-electron chi connectivity index (χ3n) is 5.74. The van der Waals surface area contributed by atoms with Crippen molar-refractivity contribution in [2.24, 2.45) is 0 Å². The van der Waals surface area contributed by atoms with Gasteiger partial charge in [0.1, 0.15) is 23.3 Å². The molecule has 3 heterocycles. The third-order valence-corrected chi connectivity index (χ3v) is 6.71. The lowest BCUT2D eigenvalue weighted by Crippen LogP contribution is -2.29. The Kier molecular flexibility index (Phi) is 5.91. The molecule has 2 atom stereocenters.